The highest BCUT2D eigenvalue weighted by molar-refractivity contribution is 6.06. The van der Waals surface area contributed by atoms with Crippen molar-refractivity contribution in [3.05, 3.63) is 54.1 Å². The number of carbonyl (C=O) groups excluding carboxylic acids is 2. The molecule has 2 fully saturated rings. The molecule has 2 heterocycles. The van der Waals surface area contributed by atoms with Gasteiger partial charge in [0.15, 0.2) is 6.61 Å². The van der Waals surface area contributed by atoms with E-state index >= 15 is 0 Å². The van der Waals surface area contributed by atoms with Gasteiger partial charge >= 0.3 is 0 Å². The highest BCUT2D eigenvalue weighted by atomic mass is 16.5. The second-order valence-corrected chi connectivity index (χ2v) is 8.87. The number of likely N-dealkylation sites (N-methyl/N-ethyl adjacent to an activating group) is 1. The lowest BCUT2D eigenvalue weighted by molar-refractivity contribution is -0.133. The van der Waals surface area contributed by atoms with Gasteiger partial charge in [0, 0.05) is 50.6 Å². The van der Waals surface area contributed by atoms with Gasteiger partial charge in [-0.1, -0.05) is 25.0 Å². The standard InChI is InChI=1S/C26H34N4O3/c1-28-16-18-29(19-17-28)22-12-10-21(11-13-22)27-26(32)23-8-4-5-9-24(23)33-20-25(31)30-14-6-2-3-7-15-30/h4-5,8-13H,2-3,6-7,14-20H2,1H3,(H,27,32). The third-order valence-electron chi connectivity index (χ3n) is 6.44. The minimum absolute atomic E-state index is 0.0217. The molecule has 4 rings (SSSR count). The average Bonchev–Trinajstić information content (AvgIpc) is 3.13. The van der Waals surface area contributed by atoms with Crippen LogP contribution in [0.5, 0.6) is 5.75 Å². The van der Waals surface area contributed by atoms with Crippen LogP contribution in [0, 0.1) is 0 Å². The first-order valence-corrected chi connectivity index (χ1v) is 11.9. The van der Waals surface area contributed by atoms with Crippen molar-refractivity contribution in [1.82, 2.24) is 9.80 Å². The quantitative estimate of drug-likeness (QED) is 0.730. The molecule has 2 aliphatic heterocycles. The molecular weight excluding hydrogens is 416 g/mol. The molecular formula is C26H34N4O3. The average molecular weight is 451 g/mol. The Labute approximate surface area is 196 Å². The van der Waals surface area contributed by atoms with Crippen LogP contribution in [0.1, 0.15) is 36.0 Å². The lowest BCUT2D eigenvalue weighted by atomic mass is 10.1. The zero-order chi connectivity index (χ0) is 23.0. The van der Waals surface area contributed by atoms with Gasteiger partial charge in [-0.2, -0.15) is 0 Å². The molecule has 2 aliphatic rings. The largest absolute Gasteiger partial charge is 0.483 e. The van der Waals surface area contributed by atoms with Gasteiger partial charge in [0.2, 0.25) is 0 Å². The van der Waals surface area contributed by atoms with Gasteiger partial charge in [0.25, 0.3) is 11.8 Å². The van der Waals surface area contributed by atoms with Crippen molar-refractivity contribution in [2.75, 3.05) is 63.1 Å². The number of rotatable bonds is 6. The van der Waals surface area contributed by atoms with Gasteiger partial charge in [-0.15, -0.1) is 0 Å². The van der Waals surface area contributed by atoms with Crippen LogP contribution in [0.15, 0.2) is 48.5 Å². The minimum Gasteiger partial charge on any atom is -0.483 e. The fourth-order valence-electron chi connectivity index (χ4n) is 4.35. The van der Waals surface area contributed by atoms with E-state index in [9.17, 15) is 9.59 Å². The number of nitrogens with one attached hydrogen (secondary N) is 1. The summed E-state index contributed by atoms with van der Waals surface area (Å²) < 4.78 is 5.80. The number of benzene rings is 2. The summed E-state index contributed by atoms with van der Waals surface area (Å²) in [7, 11) is 2.14. The Balaban J connectivity index is 1.35. The molecule has 0 bridgehead atoms. The van der Waals surface area contributed by atoms with Crippen LogP contribution in [-0.2, 0) is 4.79 Å². The minimum atomic E-state index is -0.250. The Morgan fingerprint density at radius 3 is 2.21 bits per heavy atom. The fraction of sp³-hybridized carbons (Fsp3) is 0.462. The zero-order valence-electron chi connectivity index (χ0n) is 19.5. The molecule has 1 N–H and O–H groups in total. The van der Waals surface area contributed by atoms with Crippen molar-refractivity contribution in [1.29, 1.82) is 0 Å². The molecule has 2 aromatic carbocycles. The number of hydrogen-bond donors (Lipinski definition) is 1. The molecule has 0 aromatic heterocycles. The van der Waals surface area contributed by atoms with Crippen molar-refractivity contribution in [2.24, 2.45) is 0 Å². The van der Waals surface area contributed by atoms with Crippen molar-refractivity contribution in [3.63, 3.8) is 0 Å². The van der Waals surface area contributed by atoms with Crippen molar-refractivity contribution >= 4 is 23.2 Å². The van der Waals surface area contributed by atoms with Gasteiger partial charge in [0.1, 0.15) is 5.75 Å². The highest BCUT2D eigenvalue weighted by Gasteiger charge is 2.19. The first-order valence-electron chi connectivity index (χ1n) is 11.9. The zero-order valence-corrected chi connectivity index (χ0v) is 19.5. The Morgan fingerprint density at radius 1 is 0.848 bits per heavy atom. The lowest BCUT2D eigenvalue weighted by Crippen LogP contribution is -2.44. The maximum Gasteiger partial charge on any atom is 0.260 e. The topological polar surface area (TPSA) is 65.1 Å². The number of piperazine rings is 1. The Bertz CT molecular complexity index is 931. The molecule has 2 amide bonds. The first kappa shape index (κ1) is 23.1. The van der Waals surface area contributed by atoms with Crippen LogP contribution >= 0.6 is 0 Å². The second kappa shape index (κ2) is 11.2. The van der Waals surface area contributed by atoms with Crippen molar-refractivity contribution in [2.45, 2.75) is 25.7 Å². The molecule has 0 aliphatic carbocycles. The third kappa shape index (κ3) is 6.26. The number of hydrogen-bond acceptors (Lipinski definition) is 5. The number of para-hydroxylation sites is 1. The van der Waals surface area contributed by atoms with E-state index in [1.54, 1.807) is 18.2 Å². The van der Waals surface area contributed by atoms with Crippen LogP contribution in [0.25, 0.3) is 0 Å². The molecule has 0 atom stereocenters. The molecule has 0 unspecified atom stereocenters. The van der Waals surface area contributed by atoms with Crippen LogP contribution in [0.4, 0.5) is 11.4 Å². The van der Waals surface area contributed by atoms with Gasteiger partial charge in [0.05, 0.1) is 5.56 Å². The van der Waals surface area contributed by atoms with Crippen molar-refractivity contribution < 1.29 is 14.3 Å². The normalized spacial score (nSPS) is 17.4. The molecule has 176 valence electrons. The van der Waals surface area contributed by atoms with Gasteiger partial charge in [-0.05, 0) is 56.3 Å². The molecule has 7 heteroatoms. The van der Waals surface area contributed by atoms with Gasteiger partial charge in [-0.25, -0.2) is 0 Å². The van der Waals surface area contributed by atoms with E-state index in [2.05, 4.69) is 22.2 Å². The number of nitrogens with zero attached hydrogens (tertiary/aromatic N) is 3. The predicted octanol–water partition coefficient (Wildman–Crippen LogP) is 3.47. The van der Waals surface area contributed by atoms with Crippen LogP contribution in [0.2, 0.25) is 0 Å². The number of amides is 2. The Kier molecular flexibility index (Phi) is 7.83. The number of anilines is 2. The van der Waals surface area contributed by atoms with E-state index < -0.39 is 0 Å². The number of likely N-dealkylation sites (tertiary alicyclic amines) is 1. The van der Waals surface area contributed by atoms with Gasteiger partial charge in [-0.3, -0.25) is 9.59 Å². The summed E-state index contributed by atoms with van der Waals surface area (Å²) in [6.07, 6.45) is 4.42. The highest BCUT2D eigenvalue weighted by Crippen LogP contribution is 2.23. The molecule has 0 saturated carbocycles. The predicted molar refractivity (Wildman–Crippen MR) is 131 cm³/mol. The van der Waals surface area contributed by atoms with Crippen LogP contribution in [0.3, 0.4) is 0 Å². The molecule has 33 heavy (non-hydrogen) atoms. The molecule has 0 spiro atoms. The van der Waals surface area contributed by atoms with Crippen molar-refractivity contribution in [3.8, 4) is 5.75 Å². The van der Waals surface area contributed by atoms with E-state index in [4.69, 9.17) is 4.74 Å². The summed E-state index contributed by atoms with van der Waals surface area (Å²) in [6.45, 7) is 5.63. The lowest BCUT2D eigenvalue weighted by Gasteiger charge is -2.34. The van der Waals surface area contributed by atoms with E-state index in [1.807, 2.05) is 35.2 Å². The van der Waals surface area contributed by atoms with E-state index in [0.29, 0.717) is 11.3 Å². The monoisotopic (exact) mass is 450 g/mol. The summed E-state index contributed by atoms with van der Waals surface area (Å²) in [6, 6.07) is 15.0. The summed E-state index contributed by atoms with van der Waals surface area (Å²) in [5.41, 5.74) is 2.31. The third-order valence-corrected chi connectivity index (χ3v) is 6.44. The molecule has 0 radical (unpaired) electrons. The Hall–Kier alpha value is -3.06. The number of ether oxygens (including phenoxy) is 1. The summed E-state index contributed by atoms with van der Waals surface area (Å²) >= 11 is 0. The molecule has 2 aromatic rings. The fourth-order valence-corrected chi connectivity index (χ4v) is 4.35. The molecule has 7 nitrogen and oxygen atoms in total. The van der Waals surface area contributed by atoms with E-state index in [1.165, 1.54) is 12.8 Å². The van der Waals surface area contributed by atoms with Gasteiger partial charge < -0.3 is 24.8 Å². The molecule has 2 saturated heterocycles. The van der Waals surface area contributed by atoms with E-state index in [0.717, 1.165) is 63.5 Å². The maximum atomic E-state index is 12.9. The summed E-state index contributed by atoms with van der Waals surface area (Å²) in [5.74, 6) is 0.152. The smallest absolute Gasteiger partial charge is 0.260 e. The van der Waals surface area contributed by atoms with Crippen LogP contribution < -0.4 is 15.0 Å². The summed E-state index contributed by atoms with van der Waals surface area (Å²) in [5, 5.41) is 2.95. The van der Waals surface area contributed by atoms with Crippen LogP contribution in [-0.4, -0.2) is 74.5 Å². The number of carbonyl (C=O) groups is 2. The Morgan fingerprint density at radius 2 is 1.52 bits per heavy atom. The maximum absolute atomic E-state index is 12.9. The second-order valence-electron chi connectivity index (χ2n) is 8.87. The first-order chi connectivity index (χ1) is 16.1. The SMILES string of the molecule is CN1CCN(c2ccc(NC(=O)c3ccccc3OCC(=O)N3CCCCCC3)cc2)CC1. The van der Waals surface area contributed by atoms with E-state index in [-0.39, 0.29) is 18.4 Å². The summed E-state index contributed by atoms with van der Waals surface area (Å²) in [4.78, 5) is 32.1.